The van der Waals surface area contributed by atoms with Crippen LogP contribution in [0, 0.1) is 0 Å². The number of nitrogens with two attached hydrogens (primary N) is 1. The number of nitrogens with one attached hydrogen (secondary N) is 1. The van der Waals surface area contributed by atoms with Crippen molar-refractivity contribution in [2.24, 2.45) is 10.7 Å². The molecule has 114 valence electrons. The number of aromatic nitrogens is 2. The molecule has 0 amide bonds. The molecule has 0 radical (unpaired) electrons. The summed E-state index contributed by atoms with van der Waals surface area (Å²) in [5, 5.41) is 3.10. The summed E-state index contributed by atoms with van der Waals surface area (Å²) in [4.78, 5) is 12.4. The third kappa shape index (κ3) is 4.78. The van der Waals surface area contributed by atoms with Gasteiger partial charge in [0.1, 0.15) is 17.3 Å². The van der Waals surface area contributed by atoms with E-state index in [1.807, 2.05) is 26.0 Å². The topological polar surface area (TPSA) is 85.4 Å². The Hall–Kier alpha value is -2.54. The van der Waals surface area contributed by atoms with Gasteiger partial charge in [0, 0.05) is 6.20 Å². The summed E-state index contributed by atoms with van der Waals surface area (Å²) in [6, 6.07) is 8.98. The van der Waals surface area contributed by atoms with Crippen molar-refractivity contribution in [3.05, 3.63) is 48.4 Å². The van der Waals surface area contributed by atoms with Crippen molar-refractivity contribution in [1.82, 2.24) is 9.97 Å². The summed E-state index contributed by atoms with van der Waals surface area (Å²) in [5.41, 5.74) is 6.43. The summed E-state index contributed by atoms with van der Waals surface area (Å²) in [6.45, 7) is 3.90. The van der Waals surface area contributed by atoms with Gasteiger partial charge >= 0.3 is 0 Å². The van der Waals surface area contributed by atoms with E-state index in [0.717, 1.165) is 0 Å². The Morgan fingerprint density at radius 3 is 2.68 bits per heavy atom. The van der Waals surface area contributed by atoms with Gasteiger partial charge in [0.05, 0.1) is 12.3 Å². The van der Waals surface area contributed by atoms with Gasteiger partial charge in [-0.3, -0.25) is 0 Å². The van der Waals surface area contributed by atoms with Crippen molar-refractivity contribution in [2.45, 2.75) is 20.0 Å². The van der Waals surface area contributed by atoms with Gasteiger partial charge in [-0.2, -0.15) is 0 Å². The van der Waals surface area contributed by atoms with E-state index in [-0.39, 0.29) is 17.1 Å². The molecule has 6 nitrogen and oxygen atoms in total. The molecule has 2 aromatic rings. The fourth-order valence-corrected chi connectivity index (χ4v) is 1.82. The molecular formula is C15H17N5OS. The first-order valence-electron chi connectivity index (χ1n) is 6.74. The molecule has 2 rings (SSSR count). The smallest absolute Gasteiger partial charge is 0.200 e. The fraction of sp³-hybridized carbons (Fsp3) is 0.200. The number of anilines is 1. The lowest BCUT2D eigenvalue weighted by molar-refractivity contribution is 0.241. The molecule has 0 unspecified atom stereocenters. The van der Waals surface area contributed by atoms with E-state index in [1.54, 1.807) is 30.6 Å². The molecule has 2 heterocycles. The molecule has 0 spiro atoms. The maximum Gasteiger partial charge on any atom is 0.200 e. The third-order valence-corrected chi connectivity index (χ3v) is 2.69. The first-order valence-corrected chi connectivity index (χ1v) is 7.14. The van der Waals surface area contributed by atoms with Gasteiger partial charge < -0.3 is 15.8 Å². The number of nitrogens with zero attached hydrogens (tertiary/aromatic N) is 3. The average molecular weight is 315 g/mol. The minimum absolute atomic E-state index is 0.0915. The fourth-order valence-electron chi connectivity index (χ4n) is 1.61. The molecule has 0 aliphatic heterocycles. The number of hydrogen-bond acceptors (Lipinski definition) is 4. The summed E-state index contributed by atoms with van der Waals surface area (Å²) in [5.74, 6) is 1.52. The van der Waals surface area contributed by atoms with E-state index in [9.17, 15) is 0 Å². The number of rotatable bonds is 4. The lowest BCUT2D eigenvalue weighted by Crippen LogP contribution is -2.19. The largest absolute Gasteiger partial charge is 0.489 e. The highest BCUT2D eigenvalue weighted by Gasteiger charge is 2.04. The summed E-state index contributed by atoms with van der Waals surface area (Å²) < 4.78 is 5.52. The van der Waals surface area contributed by atoms with Gasteiger partial charge in [-0.25, -0.2) is 15.0 Å². The summed E-state index contributed by atoms with van der Waals surface area (Å²) in [7, 11) is 0. The number of pyridine rings is 2. The Morgan fingerprint density at radius 1 is 1.27 bits per heavy atom. The van der Waals surface area contributed by atoms with Crippen molar-refractivity contribution in [3.63, 3.8) is 0 Å². The van der Waals surface area contributed by atoms with Crippen LogP contribution >= 0.6 is 12.2 Å². The highest BCUT2D eigenvalue weighted by atomic mass is 32.1. The van der Waals surface area contributed by atoms with Crippen LogP contribution in [-0.4, -0.2) is 27.0 Å². The Balaban J connectivity index is 2.03. The molecule has 3 N–H and O–H groups in total. The zero-order valence-corrected chi connectivity index (χ0v) is 13.2. The Bertz CT molecular complexity index is 655. The minimum Gasteiger partial charge on any atom is -0.489 e. The minimum atomic E-state index is 0.0915. The van der Waals surface area contributed by atoms with Gasteiger partial charge in [-0.1, -0.05) is 6.07 Å². The number of amidine groups is 1. The van der Waals surface area contributed by atoms with Gasteiger partial charge in [0.2, 0.25) is 0 Å². The lowest BCUT2D eigenvalue weighted by Gasteiger charge is -2.09. The second-order valence-corrected chi connectivity index (χ2v) is 5.07. The average Bonchev–Trinajstić information content (AvgIpc) is 2.48. The van der Waals surface area contributed by atoms with Crippen molar-refractivity contribution < 1.29 is 4.74 Å². The van der Waals surface area contributed by atoms with Gasteiger partial charge in [-0.05, 0) is 50.3 Å². The third-order valence-electron chi connectivity index (χ3n) is 2.49. The lowest BCUT2D eigenvalue weighted by atomic mass is 10.3. The van der Waals surface area contributed by atoms with Crippen LogP contribution in [0.25, 0.3) is 0 Å². The van der Waals surface area contributed by atoms with Crippen molar-refractivity contribution in [2.75, 3.05) is 5.32 Å². The van der Waals surface area contributed by atoms with E-state index in [4.69, 9.17) is 22.7 Å². The Morgan fingerprint density at radius 2 is 2.09 bits per heavy atom. The number of hydrogen-bond donors (Lipinski definition) is 2. The molecule has 22 heavy (non-hydrogen) atoms. The first kappa shape index (κ1) is 15.8. The standard InChI is InChI=1S/C15H17N5OS/c1-10(2)21-11-6-7-12(18-9-11)14(16)20-15(22)19-13-5-3-4-8-17-13/h3-10H,1-2H3,(H3,16,17,19,20,22). The van der Waals surface area contributed by atoms with Crippen molar-refractivity contribution in [3.8, 4) is 5.75 Å². The molecular weight excluding hydrogens is 298 g/mol. The molecule has 0 atom stereocenters. The van der Waals surface area contributed by atoms with Gasteiger partial charge in [0.25, 0.3) is 0 Å². The maximum absolute atomic E-state index is 5.90. The van der Waals surface area contributed by atoms with E-state index < -0.39 is 0 Å². The zero-order valence-electron chi connectivity index (χ0n) is 12.4. The van der Waals surface area contributed by atoms with E-state index in [1.165, 1.54) is 0 Å². The monoisotopic (exact) mass is 315 g/mol. The molecule has 2 aromatic heterocycles. The maximum atomic E-state index is 5.90. The van der Waals surface area contributed by atoms with Crippen LogP contribution in [0.3, 0.4) is 0 Å². The van der Waals surface area contributed by atoms with Crippen LogP contribution in [0.15, 0.2) is 47.7 Å². The summed E-state index contributed by atoms with van der Waals surface area (Å²) in [6.07, 6.45) is 3.36. The number of ether oxygens (including phenoxy) is 1. The predicted octanol–water partition coefficient (Wildman–Crippen LogP) is 2.37. The molecule has 7 heteroatoms. The van der Waals surface area contributed by atoms with E-state index in [0.29, 0.717) is 17.3 Å². The highest BCUT2D eigenvalue weighted by Crippen LogP contribution is 2.11. The number of aliphatic imine (C=N–C) groups is 1. The SMILES string of the molecule is CC(C)Oc1ccc(C(N)=NC(=S)Nc2ccccn2)nc1. The van der Waals surface area contributed by atoms with Crippen molar-refractivity contribution >= 4 is 29.0 Å². The van der Waals surface area contributed by atoms with Crippen LogP contribution in [0.5, 0.6) is 5.75 Å². The molecule has 0 aliphatic rings. The quantitative estimate of drug-likeness (QED) is 0.512. The molecule has 0 aromatic carbocycles. The van der Waals surface area contributed by atoms with Crippen LogP contribution in [0.1, 0.15) is 19.5 Å². The zero-order chi connectivity index (χ0) is 15.9. The van der Waals surface area contributed by atoms with Gasteiger partial charge in [-0.15, -0.1) is 0 Å². The summed E-state index contributed by atoms with van der Waals surface area (Å²) >= 11 is 5.12. The second-order valence-electron chi connectivity index (χ2n) is 4.69. The van der Waals surface area contributed by atoms with E-state index in [2.05, 4.69) is 20.3 Å². The van der Waals surface area contributed by atoms with Crippen molar-refractivity contribution in [1.29, 1.82) is 0 Å². The molecule has 0 saturated heterocycles. The second kappa shape index (κ2) is 7.46. The molecule has 0 aliphatic carbocycles. The van der Waals surface area contributed by atoms with Crippen LogP contribution in [-0.2, 0) is 0 Å². The molecule has 0 bridgehead atoms. The molecule has 0 fully saturated rings. The Labute approximate surface area is 134 Å². The highest BCUT2D eigenvalue weighted by molar-refractivity contribution is 7.80. The molecule has 0 saturated carbocycles. The Kier molecular flexibility index (Phi) is 5.37. The van der Waals surface area contributed by atoms with Crippen LogP contribution in [0.4, 0.5) is 5.82 Å². The first-order chi connectivity index (χ1) is 10.5. The van der Waals surface area contributed by atoms with Crippen LogP contribution in [0.2, 0.25) is 0 Å². The van der Waals surface area contributed by atoms with Gasteiger partial charge in [0.15, 0.2) is 10.9 Å². The predicted molar refractivity (Wildman–Crippen MR) is 91.2 cm³/mol. The normalized spacial score (nSPS) is 11.3. The van der Waals surface area contributed by atoms with E-state index >= 15 is 0 Å². The van der Waals surface area contributed by atoms with Crippen LogP contribution < -0.4 is 15.8 Å². The number of thiocarbonyl (C=S) groups is 1.